The van der Waals surface area contributed by atoms with E-state index in [2.05, 4.69) is 48.4 Å². The molecule has 8 heteroatoms. The highest BCUT2D eigenvalue weighted by Crippen LogP contribution is 2.40. The number of anilines is 1. The van der Waals surface area contributed by atoms with Crippen molar-refractivity contribution < 1.29 is 14.4 Å². The summed E-state index contributed by atoms with van der Waals surface area (Å²) in [5, 5.41) is 26.6. The second-order valence-electron chi connectivity index (χ2n) is 10.4. The molecule has 2 aromatic carbocycles. The van der Waals surface area contributed by atoms with Gasteiger partial charge in [0, 0.05) is 36.2 Å². The number of fused-ring (bicyclic) bond motifs is 1. The molecule has 182 valence electrons. The van der Waals surface area contributed by atoms with E-state index in [0.29, 0.717) is 42.4 Å². The van der Waals surface area contributed by atoms with Crippen LogP contribution in [0.3, 0.4) is 0 Å². The van der Waals surface area contributed by atoms with E-state index in [-0.39, 0.29) is 17.4 Å². The molecule has 1 amide bonds. The summed E-state index contributed by atoms with van der Waals surface area (Å²) in [6.45, 7) is 11.4. The number of nitrogens with zero attached hydrogens (tertiary/aromatic N) is 4. The Kier molecular flexibility index (Phi) is 6.53. The molecular weight excluding hydrogens is 442 g/mol. The fourth-order valence-corrected chi connectivity index (χ4v) is 4.55. The minimum absolute atomic E-state index is 0.0772. The zero-order valence-electron chi connectivity index (χ0n) is 20.8. The molecular formula is C27H31N5O3. The molecule has 35 heavy (non-hydrogen) atoms. The lowest BCUT2D eigenvalue weighted by atomic mass is 9.75. The van der Waals surface area contributed by atoms with Gasteiger partial charge in [-0.15, -0.1) is 0 Å². The number of hydrogen-bond acceptors (Lipinski definition) is 6. The van der Waals surface area contributed by atoms with E-state index in [1.165, 1.54) is 10.5 Å². The van der Waals surface area contributed by atoms with Crippen molar-refractivity contribution in [2.24, 2.45) is 5.41 Å². The van der Waals surface area contributed by atoms with Crippen LogP contribution in [0.25, 0.3) is 22.8 Å². The first kappa shape index (κ1) is 24.3. The predicted octanol–water partition coefficient (Wildman–Crippen LogP) is 5.76. The van der Waals surface area contributed by atoms with Crippen molar-refractivity contribution in [2.75, 3.05) is 18.4 Å². The number of amides is 1. The number of rotatable bonds is 4. The van der Waals surface area contributed by atoms with E-state index in [0.717, 1.165) is 16.8 Å². The quantitative estimate of drug-likeness (QED) is 0.495. The molecule has 1 unspecified atom stereocenters. The van der Waals surface area contributed by atoms with Crippen LogP contribution in [0.4, 0.5) is 10.5 Å². The molecule has 1 aliphatic heterocycles. The highest BCUT2D eigenvalue weighted by molar-refractivity contribution is 5.68. The number of nitriles is 1. The molecule has 3 aromatic rings. The van der Waals surface area contributed by atoms with Gasteiger partial charge in [-0.25, -0.2) is 4.79 Å². The van der Waals surface area contributed by atoms with Gasteiger partial charge in [-0.05, 0) is 61.1 Å². The molecule has 0 bridgehead atoms. The van der Waals surface area contributed by atoms with Crippen LogP contribution in [-0.2, 0) is 6.42 Å². The maximum Gasteiger partial charge on any atom is 0.407 e. The van der Waals surface area contributed by atoms with Gasteiger partial charge in [0.2, 0.25) is 5.82 Å². The third-order valence-corrected chi connectivity index (χ3v) is 6.40. The molecule has 2 N–H and O–H groups in total. The molecule has 1 atom stereocenters. The van der Waals surface area contributed by atoms with Gasteiger partial charge in [-0.3, -0.25) is 0 Å². The molecule has 1 aliphatic rings. The van der Waals surface area contributed by atoms with Crippen LogP contribution in [0.5, 0.6) is 0 Å². The summed E-state index contributed by atoms with van der Waals surface area (Å²) in [5.41, 5.74) is 4.94. The van der Waals surface area contributed by atoms with Crippen molar-refractivity contribution in [1.29, 1.82) is 5.26 Å². The van der Waals surface area contributed by atoms with Crippen LogP contribution < -0.4 is 5.32 Å². The first-order valence-electron chi connectivity index (χ1n) is 11.8. The van der Waals surface area contributed by atoms with Gasteiger partial charge in [0.25, 0.3) is 5.89 Å². The summed E-state index contributed by atoms with van der Waals surface area (Å²) < 4.78 is 5.54. The van der Waals surface area contributed by atoms with Crippen LogP contribution in [0, 0.1) is 16.7 Å². The Bertz CT molecular complexity index is 1280. The van der Waals surface area contributed by atoms with Gasteiger partial charge < -0.3 is 19.8 Å². The van der Waals surface area contributed by atoms with Crippen molar-refractivity contribution in [2.45, 2.75) is 53.0 Å². The van der Waals surface area contributed by atoms with Crippen molar-refractivity contribution in [3.63, 3.8) is 0 Å². The predicted molar refractivity (Wildman–Crippen MR) is 134 cm³/mol. The molecule has 0 spiro atoms. The van der Waals surface area contributed by atoms with Gasteiger partial charge in [0.15, 0.2) is 0 Å². The number of nitrogens with one attached hydrogen (secondary N) is 1. The zero-order valence-corrected chi connectivity index (χ0v) is 20.8. The smallest absolute Gasteiger partial charge is 0.407 e. The third kappa shape index (κ3) is 5.14. The van der Waals surface area contributed by atoms with Crippen LogP contribution in [0.1, 0.15) is 57.2 Å². The molecule has 0 saturated carbocycles. The molecule has 1 aromatic heterocycles. The fraction of sp³-hybridized carbons (Fsp3) is 0.407. The van der Waals surface area contributed by atoms with Gasteiger partial charge in [0.05, 0.1) is 11.3 Å². The monoisotopic (exact) mass is 473 g/mol. The first-order chi connectivity index (χ1) is 16.6. The summed E-state index contributed by atoms with van der Waals surface area (Å²) in [7, 11) is 0. The number of aromatic nitrogens is 2. The number of carbonyl (C=O) groups is 1. The normalized spacial score (nSPS) is 15.9. The molecule has 8 nitrogen and oxygen atoms in total. The molecule has 0 radical (unpaired) electrons. The van der Waals surface area contributed by atoms with Crippen LogP contribution in [-0.4, -0.2) is 45.4 Å². The van der Waals surface area contributed by atoms with E-state index in [1.807, 2.05) is 38.1 Å². The lowest BCUT2D eigenvalue weighted by Crippen LogP contribution is -2.36. The summed E-state index contributed by atoms with van der Waals surface area (Å²) in [6.07, 6.45) is -0.260. The van der Waals surface area contributed by atoms with E-state index >= 15 is 0 Å². The molecule has 2 heterocycles. The zero-order chi connectivity index (χ0) is 25.3. The number of carboxylic acid groups (broad SMARTS) is 1. The molecule has 0 aliphatic carbocycles. The minimum atomic E-state index is -0.888. The Labute approximate surface area is 205 Å². The summed E-state index contributed by atoms with van der Waals surface area (Å²) >= 11 is 0. The summed E-state index contributed by atoms with van der Waals surface area (Å²) in [5.74, 6) is 0.873. The van der Waals surface area contributed by atoms with Crippen LogP contribution in [0.2, 0.25) is 0 Å². The number of benzene rings is 2. The minimum Gasteiger partial charge on any atom is -0.465 e. The van der Waals surface area contributed by atoms with Crippen LogP contribution >= 0.6 is 0 Å². The molecule has 4 rings (SSSR count). The second-order valence-corrected chi connectivity index (χ2v) is 10.4. The average Bonchev–Trinajstić information content (AvgIpc) is 3.19. The first-order valence-corrected chi connectivity index (χ1v) is 11.8. The van der Waals surface area contributed by atoms with E-state index < -0.39 is 6.09 Å². The van der Waals surface area contributed by atoms with E-state index in [1.54, 1.807) is 6.07 Å². The van der Waals surface area contributed by atoms with Gasteiger partial charge in [0.1, 0.15) is 6.07 Å². The largest absolute Gasteiger partial charge is 0.465 e. The van der Waals surface area contributed by atoms with Crippen LogP contribution in [0.15, 0.2) is 40.9 Å². The highest BCUT2D eigenvalue weighted by atomic mass is 16.5. The standard InChI is InChI=1S/C27H31N5O3/c1-16(2)29-23-9-7-19(13-20(23)14-28)25-30-24(31-35-25)18-6-8-21-17(12-18)10-11-32(26(33)34)15-22(21)27(3,4)5/h6-9,12-13,16,22,29H,10-11,15H2,1-5H3,(H,33,34). The van der Waals surface area contributed by atoms with E-state index in [4.69, 9.17) is 4.52 Å². The summed E-state index contributed by atoms with van der Waals surface area (Å²) in [6, 6.07) is 14.0. The van der Waals surface area contributed by atoms with Crippen molar-refractivity contribution in [1.82, 2.24) is 15.0 Å². The summed E-state index contributed by atoms with van der Waals surface area (Å²) in [4.78, 5) is 17.8. The van der Waals surface area contributed by atoms with Gasteiger partial charge in [-0.1, -0.05) is 38.1 Å². The van der Waals surface area contributed by atoms with Crippen molar-refractivity contribution in [3.05, 3.63) is 53.1 Å². The Morgan fingerprint density at radius 2 is 1.97 bits per heavy atom. The molecule has 0 saturated heterocycles. The second kappa shape index (κ2) is 9.41. The lowest BCUT2D eigenvalue weighted by molar-refractivity contribution is 0.135. The third-order valence-electron chi connectivity index (χ3n) is 6.40. The maximum atomic E-state index is 11.7. The lowest BCUT2D eigenvalue weighted by Gasteiger charge is -2.33. The fourth-order valence-electron chi connectivity index (χ4n) is 4.55. The van der Waals surface area contributed by atoms with Crippen molar-refractivity contribution in [3.8, 4) is 28.9 Å². The van der Waals surface area contributed by atoms with Gasteiger partial charge >= 0.3 is 6.09 Å². The van der Waals surface area contributed by atoms with Gasteiger partial charge in [-0.2, -0.15) is 10.2 Å². The van der Waals surface area contributed by atoms with Crippen molar-refractivity contribution >= 4 is 11.8 Å². The Morgan fingerprint density at radius 1 is 1.23 bits per heavy atom. The maximum absolute atomic E-state index is 11.7. The molecule has 0 fully saturated rings. The SMILES string of the molecule is CC(C)Nc1ccc(-c2nc(-c3ccc4c(c3)CCN(C(=O)O)CC4C(C)(C)C)no2)cc1C#N. The number of hydrogen-bond donors (Lipinski definition) is 2. The Hall–Kier alpha value is -3.86. The Balaban J connectivity index is 1.66. The topological polar surface area (TPSA) is 115 Å². The highest BCUT2D eigenvalue weighted by Gasteiger charge is 2.33. The average molecular weight is 474 g/mol. The van der Waals surface area contributed by atoms with E-state index in [9.17, 15) is 15.2 Å². The Morgan fingerprint density at radius 3 is 2.63 bits per heavy atom.